The largest absolute Gasteiger partial charge is 0.497 e. The molecular formula is C22H19NO. The summed E-state index contributed by atoms with van der Waals surface area (Å²) in [5.41, 5.74) is 4.15. The van der Waals surface area contributed by atoms with E-state index in [0.717, 1.165) is 28.1 Å². The van der Waals surface area contributed by atoms with E-state index in [4.69, 9.17) is 9.73 Å². The minimum atomic E-state index is 0.838. The van der Waals surface area contributed by atoms with Gasteiger partial charge in [0.1, 0.15) is 5.75 Å². The van der Waals surface area contributed by atoms with E-state index in [1.54, 1.807) is 7.11 Å². The normalized spacial score (nSPS) is 11.6. The Bertz CT molecular complexity index is 819. The van der Waals surface area contributed by atoms with Crippen molar-refractivity contribution in [1.29, 1.82) is 0 Å². The second-order valence-corrected chi connectivity index (χ2v) is 5.34. The predicted molar refractivity (Wildman–Crippen MR) is 101 cm³/mol. The van der Waals surface area contributed by atoms with Crippen molar-refractivity contribution >= 4 is 18.0 Å². The Hall–Kier alpha value is -3.13. The maximum atomic E-state index is 5.24. The first-order valence-corrected chi connectivity index (χ1v) is 7.85. The summed E-state index contributed by atoms with van der Waals surface area (Å²) >= 11 is 0. The van der Waals surface area contributed by atoms with Gasteiger partial charge in [0.25, 0.3) is 0 Å². The van der Waals surface area contributed by atoms with Crippen molar-refractivity contribution in [3.63, 3.8) is 0 Å². The second kappa shape index (κ2) is 7.93. The highest BCUT2D eigenvalue weighted by Gasteiger charge is 2.01. The number of rotatable bonds is 5. The van der Waals surface area contributed by atoms with E-state index in [1.807, 2.05) is 79.0 Å². The van der Waals surface area contributed by atoms with Gasteiger partial charge in [0.05, 0.1) is 12.8 Å². The highest BCUT2D eigenvalue weighted by molar-refractivity contribution is 5.90. The molecule has 0 aromatic heterocycles. The van der Waals surface area contributed by atoms with Crippen molar-refractivity contribution in [2.75, 3.05) is 7.11 Å². The number of hydrogen-bond donors (Lipinski definition) is 0. The molecule has 0 N–H and O–H groups in total. The van der Waals surface area contributed by atoms with Gasteiger partial charge in [-0.3, -0.25) is 4.99 Å². The summed E-state index contributed by atoms with van der Waals surface area (Å²) in [7, 11) is 1.67. The summed E-state index contributed by atoms with van der Waals surface area (Å²) in [5, 5.41) is 0. The number of benzene rings is 3. The SMILES string of the molecule is COc1ccc(/C(=C/c2ccccc2)N=Cc2ccccc2)cc1. The third-order valence-corrected chi connectivity index (χ3v) is 3.64. The fourth-order valence-corrected chi connectivity index (χ4v) is 2.35. The molecule has 0 radical (unpaired) electrons. The van der Waals surface area contributed by atoms with Crippen LogP contribution < -0.4 is 4.74 Å². The second-order valence-electron chi connectivity index (χ2n) is 5.34. The lowest BCUT2D eigenvalue weighted by Crippen LogP contribution is -1.87. The Kier molecular flexibility index (Phi) is 5.21. The van der Waals surface area contributed by atoms with Crippen LogP contribution in [0, 0.1) is 0 Å². The maximum absolute atomic E-state index is 5.24. The molecular weight excluding hydrogens is 294 g/mol. The molecule has 3 aromatic rings. The Labute approximate surface area is 142 Å². The monoisotopic (exact) mass is 313 g/mol. The topological polar surface area (TPSA) is 21.6 Å². The first-order valence-electron chi connectivity index (χ1n) is 7.85. The number of ether oxygens (including phenoxy) is 1. The summed E-state index contributed by atoms with van der Waals surface area (Å²) < 4.78 is 5.24. The molecule has 0 aliphatic heterocycles. The van der Waals surface area contributed by atoms with Crippen LogP contribution in [-0.2, 0) is 0 Å². The van der Waals surface area contributed by atoms with Crippen molar-refractivity contribution in [2.45, 2.75) is 0 Å². The molecule has 3 aromatic carbocycles. The minimum Gasteiger partial charge on any atom is -0.497 e. The van der Waals surface area contributed by atoms with Gasteiger partial charge in [-0.15, -0.1) is 0 Å². The number of methoxy groups -OCH3 is 1. The zero-order chi connectivity index (χ0) is 16.6. The fourth-order valence-electron chi connectivity index (χ4n) is 2.35. The zero-order valence-electron chi connectivity index (χ0n) is 13.6. The molecule has 0 aliphatic rings. The summed E-state index contributed by atoms with van der Waals surface area (Å²) in [6.07, 6.45) is 3.97. The van der Waals surface area contributed by atoms with E-state index in [2.05, 4.69) is 18.2 Å². The molecule has 3 rings (SSSR count). The van der Waals surface area contributed by atoms with E-state index in [0.29, 0.717) is 0 Å². The number of nitrogens with zero attached hydrogens (tertiary/aromatic N) is 1. The van der Waals surface area contributed by atoms with Gasteiger partial charge in [0, 0.05) is 11.8 Å². The van der Waals surface area contributed by atoms with Crippen LogP contribution in [0.5, 0.6) is 5.75 Å². The van der Waals surface area contributed by atoms with Crippen LogP contribution in [0.25, 0.3) is 11.8 Å². The Morgan fingerprint density at radius 3 is 1.92 bits per heavy atom. The molecule has 0 heterocycles. The molecule has 0 spiro atoms. The molecule has 0 fully saturated rings. The van der Waals surface area contributed by atoms with Crippen LogP contribution in [0.1, 0.15) is 16.7 Å². The van der Waals surface area contributed by atoms with Crippen LogP contribution in [0.3, 0.4) is 0 Å². The minimum absolute atomic E-state index is 0.838. The lowest BCUT2D eigenvalue weighted by Gasteiger charge is -2.05. The molecule has 0 saturated carbocycles. The average Bonchev–Trinajstić information content (AvgIpc) is 2.67. The molecule has 118 valence electrons. The third kappa shape index (κ3) is 4.20. The molecule has 0 saturated heterocycles. The highest BCUT2D eigenvalue weighted by atomic mass is 16.5. The highest BCUT2D eigenvalue weighted by Crippen LogP contribution is 2.22. The number of aliphatic imine (C=N–C) groups is 1. The maximum Gasteiger partial charge on any atom is 0.118 e. The van der Waals surface area contributed by atoms with Crippen molar-refractivity contribution in [3.8, 4) is 5.75 Å². The standard InChI is InChI=1S/C22H19NO/c1-24-21-14-12-20(13-15-21)22(16-18-8-4-2-5-9-18)23-17-19-10-6-3-7-11-19/h2-17H,1H3/b22-16-,23-17?. The van der Waals surface area contributed by atoms with E-state index in [9.17, 15) is 0 Å². The van der Waals surface area contributed by atoms with Gasteiger partial charge in [-0.05, 0) is 41.5 Å². The van der Waals surface area contributed by atoms with Crippen LogP contribution in [0.15, 0.2) is 89.9 Å². The molecule has 0 unspecified atom stereocenters. The van der Waals surface area contributed by atoms with Crippen LogP contribution in [-0.4, -0.2) is 13.3 Å². The Balaban J connectivity index is 1.97. The summed E-state index contributed by atoms with van der Waals surface area (Å²) in [4.78, 5) is 4.71. The molecule has 2 heteroatoms. The fraction of sp³-hybridized carbons (Fsp3) is 0.0455. The van der Waals surface area contributed by atoms with E-state index in [-0.39, 0.29) is 0 Å². The molecule has 2 nitrogen and oxygen atoms in total. The molecule has 0 aliphatic carbocycles. The third-order valence-electron chi connectivity index (χ3n) is 3.64. The van der Waals surface area contributed by atoms with Gasteiger partial charge in [0.2, 0.25) is 0 Å². The lowest BCUT2D eigenvalue weighted by atomic mass is 10.1. The first kappa shape index (κ1) is 15.8. The Morgan fingerprint density at radius 2 is 1.33 bits per heavy atom. The van der Waals surface area contributed by atoms with Crippen LogP contribution in [0.2, 0.25) is 0 Å². The van der Waals surface area contributed by atoms with Gasteiger partial charge in [-0.2, -0.15) is 0 Å². The quantitative estimate of drug-likeness (QED) is 0.462. The van der Waals surface area contributed by atoms with E-state index >= 15 is 0 Å². The molecule has 0 atom stereocenters. The van der Waals surface area contributed by atoms with E-state index < -0.39 is 0 Å². The van der Waals surface area contributed by atoms with Crippen molar-refractivity contribution in [2.24, 2.45) is 4.99 Å². The van der Waals surface area contributed by atoms with Crippen molar-refractivity contribution < 1.29 is 4.74 Å². The van der Waals surface area contributed by atoms with Gasteiger partial charge < -0.3 is 4.74 Å². The van der Waals surface area contributed by atoms with Gasteiger partial charge >= 0.3 is 0 Å². The van der Waals surface area contributed by atoms with Gasteiger partial charge in [-0.1, -0.05) is 60.7 Å². The summed E-state index contributed by atoms with van der Waals surface area (Å²) in [5.74, 6) is 0.838. The van der Waals surface area contributed by atoms with Crippen molar-refractivity contribution in [3.05, 3.63) is 102 Å². The molecule has 0 bridgehead atoms. The van der Waals surface area contributed by atoms with Crippen LogP contribution in [0.4, 0.5) is 0 Å². The summed E-state index contributed by atoms with van der Waals surface area (Å²) in [6.45, 7) is 0. The summed E-state index contributed by atoms with van der Waals surface area (Å²) in [6, 6.07) is 28.3. The predicted octanol–water partition coefficient (Wildman–Crippen LogP) is 5.31. The lowest BCUT2D eigenvalue weighted by molar-refractivity contribution is 0.415. The average molecular weight is 313 g/mol. The smallest absolute Gasteiger partial charge is 0.118 e. The molecule has 24 heavy (non-hydrogen) atoms. The molecule has 0 amide bonds. The number of hydrogen-bond acceptors (Lipinski definition) is 2. The first-order chi connectivity index (χ1) is 11.8. The van der Waals surface area contributed by atoms with Gasteiger partial charge in [0.15, 0.2) is 0 Å². The van der Waals surface area contributed by atoms with Crippen LogP contribution >= 0.6 is 0 Å². The Morgan fingerprint density at radius 1 is 0.750 bits per heavy atom. The zero-order valence-corrected chi connectivity index (χ0v) is 13.6. The van der Waals surface area contributed by atoms with Crippen molar-refractivity contribution in [1.82, 2.24) is 0 Å². The van der Waals surface area contributed by atoms with Gasteiger partial charge in [-0.25, -0.2) is 0 Å². The van der Waals surface area contributed by atoms with E-state index in [1.165, 1.54) is 0 Å².